The molecule has 198 valence electrons. The van der Waals surface area contributed by atoms with Gasteiger partial charge in [-0.25, -0.2) is 0 Å². The third-order valence-electron chi connectivity index (χ3n) is 11.3. The Bertz CT molecular complexity index is 839. The van der Waals surface area contributed by atoms with Gasteiger partial charge in [0.25, 0.3) is 8.32 Å². The summed E-state index contributed by atoms with van der Waals surface area (Å²) in [5.74, 6) is 5.23. The fourth-order valence-electron chi connectivity index (χ4n) is 9.77. The highest BCUT2D eigenvalue weighted by atomic mass is 28.4. The second-order valence-electron chi connectivity index (χ2n) is 13.8. The maximum atomic E-state index is 9.36. The fraction of sp³-hybridized carbons (Fsp3) is 0.812. The van der Waals surface area contributed by atoms with Gasteiger partial charge in [0.2, 0.25) is 0 Å². The van der Waals surface area contributed by atoms with Crippen LogP contribution in [-0.2, 0) is 6.42 Å². The van der Waals surface area contributed by atoms with E-state index in [1.165, 1.54) is 44.9 Å². The van der Waals surface area contributed by atoms with Gasteiger partial charge in [-0.05, 0) is 126 Å². The summed E-state index contributed by atoms with van der Waals surface area (Å²) in [5, 5.41) is 9.36. The van der Waals surface area contributed by atoms with Crippen LogP contribution in [-0.4, -0.2) is 20.0 Å². The summed E-state index contributed by atoms with van der Waals surface area (Å²) in [6.45, 7) is 19.7. The van der Waals surface area contributed by atoms with Crippen molar-refractivity contribution in [3.63, 3.8) is 0 Å². The molecule has 0 aliphatic heterocycles. The molecule has 6 atom stereocenters. The first kappa shape index (κ1) is 27.2. The van der Waals surface area contributed by atoms with Crippen molar-refractivity contribution >= 4 is 8.32 Å². The summed E-state index contributed by atoms with van der Waals surface area (Å²) >= 11 is 0. The summed E-state index contributed by atoms with van der Waals surface area (Å²) in [7, 11) is -1.92. The molecule has 2 nitrogen and oxygen atoms in total. The number of fused-ring (bicyclic) bond motifs is 5. The summed E-state index contributed by atoms with van der Waals surface area (Å²) < 4.78 is 7.07. The number of benzene rings is 1. The number of hydrogen-bond donors (Lipinski definition) is 1. The highest BCUT2D eigenvalue weighted by Gasteiger charge is 2.55. The maximum absolute atomic E-state index is 9.36. The molecule has 2 saturated carbocycles. The molecular formula is C32H54O2Si. The number of aliphatic hydroxyl groups excluding tert-OH is 1. The second kappa shape index (κ2) is 10.5. The lowest BCUT2D eigenvalue weighted by molar-refractivity contribution is 0.00924. The molecule has 3 aliphatic rings. The largest absolute Gasteiger partial charge is 0.543 e. The van der Waals surface area contributed by atoms with Gasteiger partial charge >= 0.3 is 0 Å². The molecule has 0 heterocycles. The van der Waals surface area contributed by atoms with E-state index in [9.17, 15) is 5.11 Å². The van der Waals surface area contributed by atoms with Crippen LogP contribution in [0.1, 0.15) is 117 Å². The van der Waals surface area contributed by atoms with Crippen LogP contribution in [0.25, 0.3) is 0 Å². The van der Waals surface area contributed by atoms with Crippen molar-refractivity contribution in [1.29, 1.82) is 0 Å². The van der Waals surface area contributed by atoms with Crippen molar-refractivity contribution in [3.8, 4) is 5.75 Å². The highest BCUT2D eigenvalue weighted by Crippen LogP contribution is 2.64. The van der Waals surface area contributed by atoms with Crippen LogP contribution in [0.2, 0.25) is 16.6 Å². The molecule has 4 rings (SSSR count). The first-order valence-corrected chi connectivity index (χ1v) is 17.1. The lowest BCUT2D eigenvalue weighted by Gasteiger charge is -2.52. The zero-order chi connectivity index (χ0) is 25.5. The van der Waals surface area contributed by atoms with E-state index >= 15 is 0 Å². The molecular weight excluding hydrogens is 444 g/mol. The molecule has 3 heteroatoms. The van der Waals surface area contributed by atoms with Crippen LogP contribution < -0.4 is 4.43 Å². The van der Waals surface area contributed by atoms with Crippen LogP contribution in [0.3, 0.4) is 0 Å². The molecule has 0 aromatic heterocycles. The van der Waals surface area contributed by atoms with Gasteiger partial charge in [0.1, 0.15) is 5.75 Å². The van der Waals surface area contributed by atoms with Crippen molar-refractivity contribution in [2.75, 3.05) is 6.61 Å². The third-order valence-corrected chi connectivity index (χ3v) is 17.3. The first-order chi connectivity index (χ1) is 16.6. The zero-order valence-corrected chi connectivity index (χ0v) is 25.1. The standard InChI is InChI=1S/C32H54O2Si/c1-21(2)35(22(3)4,23(5)6)34-26-12-14-27-25(20-26)11-13-29-28(27)17-18-32(8)30(15-16-31(29)32)24(7)10-9-19-33/h12,14,20-24,28-31,33H,9-11,13,15-19H2,1-8H3/t24-,28-,29-,30-,31+,32-/m1/s1. The van der Waals surface area contributed by atoms with Crippen molar-refractivity contribution in [2.45, 2.75) is 129 Å². The molecule has 0 unspecified atom stereocenters. The van der Waals surface area contributed by atoms with Gasteiger partial charge < -0.3 is 9.53 Å². The first-order valence-electron chi connectivity index (χ1n) is 15.0. The quantitative estimate of drug-likeness (QED) is 0.344. The van der Waals surface area contributed by atoms with E-state index in [0.717, 1.165) is 41.8 Å². The Morgan fingerprint density at radius 2 is 1.66 bits per heavy atom. The van der Waals surface area contributed by atoms with Gasteiger partial charge in [-0.15, -0.1) is 0 Å². The van der Waals surface area contributed by atoms with Crippen molar-refractivity contribution in [3.05, 3.63) is 29.3 Å². The Hall–Kier alpha value is -0.803. The van der Waals surface area contributed by atoms with E-state index in [-0.39, 0.29) is 0 Å². The van der Waals surface area contributed by atoms with E-state index in [1.807, 2.05) is 0 Å². The Morgan fingerprint density at radius 1 is 0.971 bits per heavy atom. The Morgan fingerprint density at radius 3 is 2.29 bits per heavy atom. The van der Waals surface area contributed by atoms with E-state index in [0.29, 0.717) is 28.6 Å². The van der Waals surface area contributed by atoms with E-state index in [1.54, 1.807) is 11.1 Å². The van der Waals surface area contributed by atoms with Crippen molar-refractivity contribution in [2.24, 2.45) is 29.1 Å². The molecule has 0 saturated heterocycles. The number of aryl methyl sites for hydroxylation is 1. The minimum absolute atomic E-state index is 0.347. The van der Waals surface area contributed by atoms with Crippen LogP contribution >= 0.6 is 0 Å². The predicted molar refractivity (Wildman–Crippen MR) is 152 cm³/mol. The predicted octanol–water partition coefficient (Wildman–Crippen LogP) is 9.12. The van der Waals surface area contributed by atoms with Gasteiger partial charge in [-0.1, -0.05) is 61.5 Å². The lowest BCUT2D eigenvalue weighted by atomic mass is 9.53. The second-order valence-corrected chi connectivity index (χ2v) is 19.1. The van der Waals surface area contributed by atoms with Gasteiger partial charge in [-0.3, -0.25) is 0 Å². The minimum Gasteiger partial charge on any atom is -0.543 e. The summed E-state index contributed by atoms with van der Waals surface area (Å²) in [4.78, 5) is 0. The maximum Gasteiger partial charge on any atom is 0.258 e. The Balaban J connectivity index is 1.54. The van der Waals surface area contributed by atoms with Crippen LogP contribution in [0.5, 0.6) is 5.75 Å². The topological polar surface area (TPSA) is 29.5 Å². The molecule has 35 heavy (non-hydrogen) atoms. The fourth-order valence-corrected chi connectivity index (χ4v) is 15.0. The van der Waals surface area contributed by atoms with Crippen LogP contribution in [0, 0.1) is 29.1 Å². The molecule has 1 aromatic carbocycles. The molecule has 2 fully saturated rings. The summed E-state index contributed by atoms with van der Waals surface area (Å²) in [6.07, 6.45) is 10.3. The van der Waals surface area contributed by atoms with Crippen LogP contribution in [0.4, 0.5) is 0 Å². The molecule has 1 aromatic rings. The monoisotopic (exact) mass is 498 g/mol. The molecule has 0 bridgehead atoms. The van der Waals surface area contributed by atoms with E-state index in [2.05, 4.69) is 73.6 Å². The average Bonchev–Trinajstić information content (AvgIpc) is 3.17. The summed E-state index contributed by atoms with van der Waals surface area (Å²) in [6, 6.07) is 7.25. The molecule has 1 N–H and O–H groups in total. The van der Waals surface area contributed by atoms with Gasteiger partial charge in [0.15, 0.2) is 0 Å². The third kappa shape index (κ3) is 4.67. The zero-order valence-electron chi connectivity index (χ0n) is 24.1. The number of hydrogen-bond acceptors (Lipinski definition) is 2. The number of rotatable bonds is 9. The summed E-state index contributed by atoms with van der Waals surface area (Å²) in [5.41, 5.74) is 5.56. The van der Waals surface area contributed by atoms with Gasteiger partial charge in [-0.2, -0.15) is 0 Å². The smallest absolute Gasteiger partial charge is 0.258 e. The Kier molecular flexibility index (Phi) is 8.19. The Labute approximate surface area is 217 Å². The van der Waals surface area contributed by atoms with Crippen molar-refractivity contribution in [1.82, 2.24) is 0 Å². The molecule has 0 spiro atoms. The highest BCUT2D eigenvalue weighted by molar-refractivity contribution is 6.78. The normalized spacial score (nSPS) is 31.4. The SMILES string of the molecule is CC(C)[Si](Oc1ccc2c(c1)CC[C@@H]1[C@@H]2CC[C@]2(C)[C@@H]([C@H](C)CCCO)CC[C@@H]12)(C(C)C)C(C)C. The molecule has 0 radical (unpaired) electrons. The average molecular weight is 499 g/mol. The van der Waals surface area contributed by atoms with E-state index in [4.69, 9.17) is 4.43 Å². The number of aliphatic hydroxyl groups is 1. The minimum atomic E-state index is -1.92. The molecule has 0 amide bonds. The van der Waals surface area contributed by atoms with Gasteiger partial charge in [0, 0.05) is 6.61 Å². The molecule has 3 aliphatic carbocycles. The van der Waals surface area contributed by atoms with E-state index < -0.39 is 8.32 Å². The van der Waals surface area contributed by atoms with Crippen molar-refractivity contribution < 1.29 is 9.53 Å². The lowest BCUT2D eigenvalue weighted by Crippen LogP contribution is -2.50. The van der Waals surface area contributed by atoms with Gasteiger partial charge in [0.05, 0.1) is 0 Å². The van der Waals surface area contributed by atoms with Crippen LogP contribution in [0.15, 0.2) is 18.2 Å².